The second-order valence-corrected chi connectivity index (χ2v) is 9.37. The fraction of sp³-hybridized carbons (Fsp3) is 0.308. The van der Waals surface area contributed by atoms with Crippen molar-refractivity contribution >= 4 is 22.5 Å². The zero-order chi connectivity index (χ0) is 23.4. The van der Waals surface area contributed by atoms with Gasteiger partial charge in [-0.15, -0.1) is 0 Å². The van der Waals surface area contributed by atoms with Crippen molar-refractivity contribution in [2.75, 3.05) is 18.5 Å². The lowest BCUT2D eigenvalue weighted by molar-refractivity contribution is 0.194. The summed E-state index contributed by atoms with van der Waals surface area (Å²) >= 11 is 0. The van der Waals surface area contributed by atoms with Crippen LogP contribution in [0.5, 0.6) is 0 Å². The number of anilines is 1. The number of nitrogens with one attached hydrogen (secondary N) is 2. The number of hydrogen-bond donors (Lipinski definition) is 2. The van der Waals surface area contributed by atoms with Crippen LogP contribution in [0.3, 0.4) is 0 Å². The number of aromatic nitrogens is 6. The minimum Gasteiger partial charge on any atom is -0.381 e. The Morgan fingerprint density at radius 3 is 2.94 bits per heavy atom. The molecule has 8 nitrogen and oxygen atoms in total. The summed E-state index contributed by atoms with van der Waals surface area (Å²) in [6.45, 7) is 1.38. The molecule has 2 atom stereocenters. The molecular weight excluding hydrogens is 445 g/mol. The van der Waals surface area contributed by atoms with E-state index in [2.05, 4.69) is 44.6 Å². The zero-order valence-electron chi connectivity index (χ0n) is 19.0. The first-order valence-electron chi connectivity index (χ1n) is 12.0. The van der Waals surface area contributed by atoms with Gasteiger partial charge < -0.3 is 15.0 Å². The van der Waals surface area contributed by atoms with Crippen LogP contribution in [0, 0.1) is 5.82 Å². The van der Waals surface area contributed by atoms with Crippen LogP contribution in [0.15, 0.2) is 48.9 Å². The SMILES string of the molecule is Fc1cncc(-c2nc(NC3CCc4[nH]c5ccccc5c4C3)n3ncc(C4CCOC4)c3n2)c1. The maximum atomic E-state index is 14.0. The Kier molecular flexibility index (Phi) is 4.76. The van der Waals surface area contributed by atoms with E-state index in [1.54, 1.807) is 10.7 Å². The van der Waals surface area contributed by atoms with E-state index < -0.39 is 5.82 Å². The fourth-order valence-corrected chi connectivity index (χ4v) is 5.39. The van der Waals surface area contributed by atoms with E-state index in [9.17, 15) is 4.39 Å². The number of nitrogens with zero attached hydrogens (tertiary/aromatic N) is 5. The Labute approximate surface area is 200 Å². The average molecular weight is 470 g/mol. The third-order valence-electron chi connectivity index (χ3n) is 7.16. The molecule has 176 valence electrons. The van der Waals surface area contributed by atoms with E-state index in [-0.39, 0.29) is 12.0 Å². The standard InChI is InChI=1S/C26H24FN7O/c27-17-9-16(11-28-12-17)24-32-25-21(15-7-8-35-14-15)13-29-34(25)26(33-24)30-18-5-6-23-20(10-18)19-3-1-2-4-22(19)31-23/h1-4,9,11-13,15,18,31H,5-8,10,14H2,(H,30,32,33). The van der Waals surface area contributed by atoms with Crippen LogP contribution in [-0.2, 0) is 17.6 Å². The van der Waals surface area contributed by atoms with Gasteiger partial charge in [-0.3, -0.25) is 4.98 Å². The van der Waals surface area contributed by atoms with Crippen molar-refractivity contribution < 1.29 is 9.13 Å². The molecule has 0 radical (unpaired) electrons. The van der Waals surface area contributed by atoms with Gasteiger partial charge in [-0.2, -0.15) is 14.6 Å². The van der Waals surface area contributed by atoms with Crippen LogP contribution in [0.25, 0.3) is 27.9 Å². The second-order valence-electron chi connectivity index (χ2n) is 9.37. The summed E-state index contributed by atoms with van der Waals surface area (Å²) in [5, 5.41) is 9.56. The summed E-state index contributed by atoms with van der Waals surface area (Å²) in [5.41, 5.74) is 6.13. The molecule has 1 fully saturated rings. The zero-order valence-corrected chi connectivity index (χ0v) is 19.0. The number of H-pyrrole nitrogens is 1. The van der Waals surface area contributed by atoms with Crippen molar-refractivity contribution in [2.45, 2.75) is 37.6 Å². The number of benzene rings is 1. The van der Waals surface area contributed by atoms with Gasteiger partial charge in [0.15, 0.2) is 11.5 Å². The predicted octanol–water partition coefficient (Wildman–Crippen LogP) is 4.28. The normalized spacial score (nSPS) is 19.9. The molecule has 5 aromatic rings. The molecule has 0 spiro atoms. The number of halogens is 1. The highest BCUT2D eigenvalue weighted by molar-refractivity contribution is 5.85. The quantitative estimate of drug-likeness (QED) is 0.408. The highest BCUT2D eigenvalue weighted by Gasteiger charge is 2.27. The lowest BCUT2D eigenvalue weighted by Gasteiger charge is -2.24. The Bertz CT molecular complexity index is 1550. The van der Waals surface area contributed by atoms with Gasteiger partial charge in [0.2, 0.25) is 5.95 Å². The second kappa shape index (κ2) is 8.13. The van der Waals surface area contributed by atoms with Gasteiger partial charge in [-0.25, -0.2) is 9.37 Å². The number of fused-ring (bicyclic) bond motifs is 4. The smallest absolute Gasteiger partial charge is 0.228 e. The minimum absolute atomic E-state index is 0.181. The molecular formula is C26H24FN7O. The molecule has 1 aliphatic carbocycles. The van der Waals surface area contributed by atoms with Gasteiger partial charge in [0.1, 0.15) is 5.82 Å². The van der Waals surface area contributed by atoms with Crippen molar-refractivity contribution in [3.8, 4) is 11.4 Å². The maximum absolute atomic E-state index is 14.0. The molecule has 0 bridgehead atoms. The first-order chi connectivity index (χ1) is 17.2. The number of aromatic amines is 1. The van der Waals surface area contributed by atoms with E-state index in [1.165, 1.54) is 34.4 Å². The van der Waals surface area contributed by atoms with Gasteiger partial charge in [0.05, 0.1) is 19.0 Å². The van der Waals surface area contributed by atoms with Crippen LogP contribution in [0.2, 0.25) is 0 Å². The van der Waals surface area contributed by atoms with Crippen molar-refractivity contribution in [2.24, 2.45) is 0 Å². The summed E-state index contributed by atoms with van der Waals surface area (Å²) < 4.78 is 21.4. The molecule has 1 aromatic carbocycles. The van der Waals surface area contributed by atoms with E-state index in [0.29, 0.717) is 23.9 Å². The third-order valence-corrected chi connectivity index (χ3v) is 7.16. The maximum Gasteiger partial charge on any atom is 0.228 e. The van der Waals surface area contributed by atoms with Crippen molar-refractivity contribution in [1.29, 1.82) is 0 Å². The molecule has 5 heterocycles. The largest absolute Gasteiger partial charge is 0.381 e. The topological polar surface area (TPSA) is 93.0 Å². The molecule has 4 aromatic heterocycles. The molecule has 1 saturated heterocycles. The van der Waals surface area contributed by atoms with Crippen molar-refractivity contribution in [3.63, 3.8) is 0 Å². The fourth-order valence-electron chi connectivity index (χ4n) is 5.39. The van der Waals surface area contributed by atoms with Crippen LogP contribution in [0.4, 0.5) is 10.3 Å². The lowest BCUT2D eigenvalue weighted by atomic mass is 9.91. The van der Waals surface area contributed by atoms with Gasteiger partial charge in [0.25, 0.3) is 0 Å². The molecule has 2 aliphatic rings. The molecule has 1 aliphatic heterocycles. The molecule has 0 saturated carbocycles. The highest BCUT2D eigenvalue weighted by Crippen LogP contribution is 2.32. The van der Waals surface area contributed by atoms with Crippen molar-refractivity contribution in [1.82, 2.24) is 29.5 Å². The van der Waals surface area contributed by atoms with E-state index in [0.717, 1.165) is 43.5 Å². The van der Waals surface area contributed by atoms with Gasteiger partial charge >= 0.3 is 0 Å². The van der Waals surface area contributed by atoms with Crippen molar-refractivity contribution in [3.05, 3.63) is 71.6 Å². The Morgan fingerprint density at radius 2 is 2.06 bits per heavy atom. The number of ether oxygens (including phenoxy) is 1. The first-order valence-corrected chi connectivity index (χ1v) is 12.0. The third kappa shape index (κ3) is 3.54. The van der Waals surface area contributed by atoms with Crippen LogP contribution < -0.4 is 5.32 Å². The van der Waals surface area contributed by atoms with Gasteiger partial charge in [-0.1, -0.05) is 18.2 Å². The summed E-state index contributed by atoms with van der Waals surface area (Å²) in [4.78, 5) is 17.2. The Morgan fingerprint density at radius 1 is 1.11 bits per heavy atom. The molecule has 0 amide bonds. The van der Waals surface area contributed by atoms with Gasteiger partial charge in [0, 0.05) is 52.5 Å². The lowest BCUT2D eigenvalue weighted by Crippen LogP contribution is -2.29. The van der Waals surface area contributed by atoms with E-state index in [1.807, 2.05) is 6.20 Å². The van der Waals surface area contributed by atoms with Crippen LogP contribution in [-0.4, -0.2) is 48.8 Å². The number of rotatable bonds is 4. The molecule has 7 rings (SSSR count). The monoisotopic (exact) mass is 469 g/mol. The number of para-hydroxylation sites is 1. The van der Waals surface area contributed by atoms with Crippen LogP contribution in [0.1, 0.15) is 35.6 Å². The Hall–Kier alpha value is -3.85. The summed E-state index contributed by atoms with van der Waals surface area (Å²) in [6, 6.07) is 10.0. The molecule has 35 heavy (non-hydrogen) atoms. The average Bonchev–Trinajstić information content (AvgIpc) is 3.62. The molecule has 9 heteroatoms. The summed E-state index contributed by atoms with van der Waals surface area (Å²) in [7, 11) is 0. The molecule has 2 N–H and O–H groups in total. The molecule has 2 unspecified atom stereocenters. The number of pyridine rings is 1. The minimum atomic E-state index is -0.419. The predicted molar refractivity (Wildman–Crippen MR) is 130 cm³/mol. The number of aryl methyl sites for hydroxylation is 1. The van der Waals surface area contributed by atoms with Gasteiger partial charge in [-0.05, 0) is 43.4 Å². The van der Waals surface area contributed by atoms with E-state index >= 15 is 0 Å². The first kappa shape index (κ1) is 20.5. The van der Waals surface area contributed by atoms with Crippen LogP contribution >= 0.6 is 0 Å². The summed E-state index contributed by atoms with van der Waals surface area (Å²) in [6.07, 6.45) is 8.37. The Balaban J connectivity index is 1.30. The number of hydrogen-bond acceptors (Lipinski definition) is 6. The van der Waals surface area contributed by atoms with E-state index in [4.69, 9.17) is 14.7 Å². The summed E-state index contributed by atoms with van der Waals surface area (Å²) in [5.74, 6) is 0.846. The highest BCUT2D eigenvalue weighted by atomic mass is 19.1.